The number of nitrogens with one attached hydrogen (secondary N) is 1. The van der Waals surface area contributed by atoms with Crippen LogP contribution in [0.15, 0.2) is 12.2 Å². The summed E-state index contributed by atoms with van der Waals surface area (Å²) in [7, 11) is 0. The third-order valence-corrected chi connectivity index (χ3v) is 2.46. The molecule has 0 rings (SSSR count). The molecule has 0 radical (unpaired) electrons. The van der Waals surface area contributed by atoms with Crippen molar-refractivity contribution < 1.29 is 4.74 Å². The monoisotopic (exact) mass is 228 g/mol. The standard InChI is InChI=1S/C13H28N2O/c1-11(2)8-13(5,10-14)15-6-7-16-9-12(3)4/h11,15H,3,6-10,14H2,1-2,4-5H3. The van der Waals surface area contributed by atoms with Crippen LogP contribution in [0.25, 0.3) is 0 Å². The molecule has 0 aliphatic heterocycles. The zero-order chi connectivity index (χ0) is 12.6. The maximum atomic E-state index is 5.80. The minimum Gasteiger partial charge on any atom is -0.376 e. The van der Waals surface area contributed by atoms with Crippen molar-refractivity contribution in [3.63, 3.8) is 0 Å². The molecule has 1 unspecified atom stereocenters. The zero-order valence-electron chi connectivity index (χ0n) is 11.3. The number of ether oxygens (including phenoxy) is 1. The van der Waals surface area contributed by atoms with Crippen LogP contribution >= 0.6 is 0 Å². The van der Waals surface area contributed by atoms with Crippen molar-refractivity contribution >= 4 is 0 Å². The molecular weight excluding hydrogens is 200 g/mol. The molecule has 0 saturated carbocycles. The lowest BCUT2D eigenvalue weighted by atomic mass is 9.91. The van der Waals surface area contributed by atoms with Crippen LogP contribution in [-0.4, -0.2) is 31.8 Å². The fourth-order valence-corrected chi connectivity index (χ4v) is 1.80. The van der Waals surface area contributed by atoms with Crippen LogP contribution in [0.3, 0.4) is 0 Å². The van der Waals surface area contributed by atoms with Gasteiger partial charge in [0.1, 0.15) is 0 Å². The summed E-state index contributed by atoms with van der Waals surface area (Å²) in [6.45, 7) is 15.2. The molecule has 0 amide bonds. The van der Waals surface area contributed by atoms with Gasteiger partial charge in [-0.1, -0.05) is 26.0 Å². The highest BCUT2D eigenvalue weighted by molar-refractivity contribution is 4.88. The summed E-state index contributed by atoms with van der Waals surface area (Å²) >= 11 is 0. The van der Waals surface area contributed by atoms with Crippen molar-refractivity contribution in [3.05, 3.63) is 12.2 Å². The van der Waals surface area contributed by atoms with E-state index >= 15 is 0 Å². The van der Waals surface area contributed by atoms with Gasteiger partial charge in [-0.3, -0.25) is 0 Å². The molecule has 0 aromatic heterocycles. The molecule has 0 heterocycles. The molecule has 0 aromatic rings. The van der Waals surface area contributed by atoms with Gasteiger partial charge in [0.05, 0.1) is 13.2 Å². The molecule has 1 atom stereocenters. The van der Waals surface area contributed by atoms with Crippen molar-refractivity contribution in [2.24, 2.45) is 11.7 Å². The van der Waals surface area contributed by atoms with Crippen molar-refractivity contribution in [1.82, 2.24) is 5.32 Å². The van der Waals surface area contributed by atoms with Gasteiger partial charge in [-0.25, -0.2) is 0 Å². The number of nitrogens with two attached hydrogens (primary N) is 1. The first-order valence-corrected chi connectivity index (χ1v) is 6.07. The maximum Gasteiger partial charge on any atom is 0.0672 e. The highest BCUT2D eigenvalue weighted by Gasteiger charge is 2.22. The first-order chi connectivity index (χ1) is 7.39. The van der Waals surface area contributed by atoms with Crippen LogP contribution in [-0.2, 0) is 4.74 Å². The first-order valence-electron chi connectivity index (χ1n) is 6.07. The summed E-state index contributed by atoms with van der Waals surface area (Å²) in [4.78, 5) is 0. The number of hydrogen-bond donors (Lipinski definition) is 2. The Bertz CT molecular complexity index is 204. The summed E-state index contributed by atoms with van der Waals surface area (Å²) in [6, 6.07) is 0. The molecule has 3 N–H and O–H groups in total. The van der Waals surface area contributed by atoms with Crippen LogP contribution in [0.4, 0.5) is 0 Å². The lowest BCUT2D eigenvalue weighted by Gasteiger charge is -2.31. The minimum atomic E-state index is 0.0285. The predicted molar refractivity (Wildman–Crippen MR) is 70.6 cm³/mol. The van der Waals surface area contributed by atoms with Gasteiger partial charge in [0, 0.05) is 18.6 Å². The van der Waals surface area contributed by atoms with E-state index in [2.05, 4.69) is 32.7 Å². The number of hydrogen-bond acceptors (Lipinski definition) is 3. The zero-order valence-corrected chi connectivity index (χ0v) is 11.3. The van der Waals surface area contributed by atoms with E-state index in [9.17, 15) is 0 Å². The van der Waals surface area contributed by atoms with E-state index in [4.69, 9.17) is 10.5 Å². The van der Waals surface area contributed by atoms with E-state index in [0.717, 1.165) is 18.5 Å². The van der Waals surface area contributed by atoms with Crippen molar-refractivity contribution in [1.29, 1.82) is 0 Å². The number of rotatable bonds is 9. The Morgan fingerprint density at radius 3 is 2.56 bits per heavy atom. The SMILES string of the molecule is C=C(C)COCCNC(C)(CN)CC(C)C. The van der Waals surface area contributed by atoms with E-state index < -0.39 is 0 Å². The van der Waals surface area contributed by atoms with E-state index in [1.807, 2.05) is 6.92 Å². The quantitative estimate of drug-likeness (QED) is 0.468. The lowest BCUT2D eigenvalue weighted by molar-refractivity contribution is 0.146. The van der Waals surface area contributed by atoms with Crippen LogP contribution in [0.5, 0.6) is 0 Å². The topological polar surface area (TPSA) is 47.3 Å². The summed E-state index contributed by atoms with van der Waals surface area (Å²) in [5, 5.41) is 3.47. The highest BCUT2D eigenvalue weighted by Crippen LogP contribution is 2.14. The third kappa shape index (κ3) is 7.85. The van der Waals surface area contributed by atoms with Gasteiger partial charge in [0.2, 0.25) is 0 Å². The first kappa shape index (κ1) is 15.6. The van der Waals surface area contributed by atoms with E-state index in [0.29, 0.717) is 25.7 Å². The fourth-order valence-electron chi connectivity index (χ4n) is 1.80. The highest BCUT2D eigenvalue weighted by atomic mass is 16.5. The Hall–Kier alpha value is -0.380. The Labute approximate surface area is 100 Å². The molecule has 0 bridgehead atoms. The normalized spacial score (nSPS) is 15.1. The van der Waals surface area contributed by atoms with E-state index in [1.54, 1.807) is 0 Å². The van der Waals surface area contributed by atoms with Crippen LogP contribution < -0.4 is 11.1 Å². The maximum absolute atomic E-state index is 5.80. The molecule has 3 heteroatoms. The largest absolute Gasteiger partial charge is 0.376 e. The van der Waals surface area contributed by atoms with Gasteiger partial charge in [-0.05, 0) is 26.2 Å². The third-order valence-electron chi connectivity index (χ3n) is 2.46. The summed E-state index contributed by atoms with van der Waals surface area (Å²) in [5.74, 6) is 0.650. The Balaban J connectivity index is 3.73. The second-order valence-electron chi connectivity index (χ2n) is 5.30. The van der Waals surface area contributed by atoms with Crippen LogP contribution in [0.1, 0.15) is 34.1 Å². The van der Waals surface area contributed by atoms with Crippen molar-refractivity contribution in [3.8, 4) is 0 Å². The Kier molecular flexibility index (Phi) is 7.64. The van der Waals surface area contributed by atoms with Crippen LogP contribution in [0, 0.1) is 5.92 Å². The molecular formula is C13H28N2O. The van der Waals surface area contributed by atoms with E-state index in [1.165, 1.54) is 0 Å². The Morgan fingerprint density at radius 2 is 2.12 bits per heavy atom. The molecule has 0 aliphatic rings. The minimum absolute atomic E-state index is 0.0285. The average molecular weight is 228 g/mol. The van der Waals surface area contributed by atoms with Gasteiger partial charge in [0.15, 0.2) is 0 Å². The lowest BCUT2D eigenvalue weighted by Crippen LogP contribution is -2.50. The van der Waals surface area contributed by atoms with Gasteiger partial charge < -0.3 is 15.8 Å². The summed E-state index contributed by atoms with van der Waals surface area (Å²) < 4.78 is 5.44. The smallest absolute Gasteiger partial charge is 0.0672 e. The molecule has 0 spiro atoms. The molecule has 0 aromatic carbocycles. The predicted octanol–water partition coefficient (Wildman–Crippen LogP) is 1.93. The summed E-state index contributed by atoms with van der Waals surface area (Å²) in [5.41, 5.74) is 6.89. The van der Waals surface area contributed by atoms with Gasteiger partial charge in [-0.2, -0.15) is 0 Å². The molecule has 16 heavy (non-hydrogen) atoms. The molecule has 0 aliphatic carbocycles. The fraction of sp³-hybridized carbons (Fsp3) is 0.846. The Morgan fingerprint density at radius 1 is 1.50 bits per heavy atom. The molecule has 3 nitrogen and oxygen atoms in total. The average Bonchev–Trinajstić information content (AvgIpc) is 2.15. The van der Waals surface area contributed by atoms with Crippen LogP contribution in [0.2, 0.25) is 0 Å². The van der Waals surface area contributed by atoms with Crippen molar-refractivity contribution in [2.75, 3.05) is 26.3 Å². The van der Waals surface area contributed by atoms with Gasteiger partial charge in [-0.15, -0.1) is 0 Å². The molecule has 96 valence electrons. The van der Waals surface area contributed by atoms with E-state index in [-0.39, 0.29) is 5.54 Å². The molecule has 0 fully saturated rings. The second-order valence-corrected chi connectivity index (χ2v) is 5.30. The molecule has 0 saturated heterocycles. The van der Waals surface area contributed by atoms with Gasteiger partial charge in [0.25, 0.3) is 0 Å². The second kappa shape index (κ2) is 7.82. The van der Waals surface area contributed by atoms with Crippen molar-refractivity contribution in [2.45, 2.75) is 39.7 Å². The summed E-state index contributed by atoms with van der Waals surface area (Å²) in [6.07, 6.45) is 1.09. The van der Waals surface area contributed by atoms with Gasteiger partial charge >= 0.3 is 0 Å².